The molecule has 1 unspecified atom stereocenters. The van der Waals surface area contributed by atoms with E-state index in [4.69, 9.17) is 4.74 Å². The number of hydrogen-bond donors (Lipinski definition) is 4. The van der Waals surface area contributed by atoms with Crippen LogP contribution >= 0.6 is 0 Å². The van der Waals surface area contributed by atoms with Crippen LogP contribution in [0.3, 0.4) is 0 Å². The van der Waals surface area contributed by atoms with E-state index >= 15 is 0 Å². The molecule has 1 aromatic rings. The Labute approximate surface area is 154 Å². The Morgan fingerprint density at radius 2 is 2.08 bits per heavy atom. The summed E-state index contributed by atoms with van der Waals surface area (Å²) in [5.41, 5.74) is 2.01. The lowest BCUT2D eigenvalue weighted by atomic mass is 10.0. The lowest BCUT2D eigenvalue weighted by Crippen LogP contribution is -2.42. The van der Waals surface area contributed by atoms with E-state index in [1.54, 1.807) is 19.1 Å². The lowest BCUT2D eigenvalue weighted by molar-refractivity contribution is -0.116. The maximum absolute atomic E-state index is 11.7. The zero-order chi connectivity index (χ0) is 19.3. The van der Waals surface area contributed by atoms with Crippen molar-refractivity contribution in [3.63, 3.8) is 0 Å². The number of β-amino-alcohol motifs (C(OH)–C–C–N with tert-alkyl or cyclic N) is 1. The van der Waals surface area contributed by atoms with Gasteiger partial charge in [0.15, 0.2) is 0 Å². The number of rotatable bonds is 7. The number of hydrogen-bond acceptors (Lipinski definition) is 5. The molecule has 0 aromatic heterocycles. The van der Waals surface area contributed by atoms with E-state index in [9.17, 15) is 14.7 Å². The predicted molar refractivity (Wildman–Crippen MR) is 102 cm³/mol. The van der Waals surface area contributed by atoms with Crippen LogP contribution in [0.5, 0.6) is 5.75 Å². The van der Waals surface area contributed by atoms with Crippen molar-refractivity contribution in [2.75, 3.05) is 23.8 Å². The molecule has 0 fully saturated rings. The van der Waals surface area contributed by atoms with Gasteiger partial charge in [-0.15, -0.1) is 0 Å². The van der Waals surface area contributed by atoms with Crippen LogP contribution in [0.25, 0.3) is 0 Å². The molecule has 0 aliphatic carbocycles. The molecule has 144 valence electrons. The molecule has 4 N–H and O–H groups in total. The van der Waals surface area contributed by atoms with Crippen molar-refractivity contribution in [2.24, 2.45) is 0 Å². The van der Waals surface area contributed by atoms with Crippen molar-refractivity contribution in [2.45, 2.75) is 58.6 Å². The Morgan fingerprint density at radius 1 is 1.35 bits per heavy atom. The fraction of sp³-hybridized carbons (Fsp3) is 0.579. The average molecular weight is 363 g/mol. The first-order valence-corrected chi connectivity index (χ1v) is 9.00. The van der Waals surface area contributed by atoms with E-state index in [0.717, 1.165) is 5.56 Å². The first-order chi connectivity index (χ1) is 12.2. The van der Waals surface area contributed by atoms with Crippen LogP contribution in [-0.2, 0) is 16.0 Å². The number of fused-ring (bicyclic) bond motifs is 1. The molecule has 0 spiro atoms. The van der Waals surface area contributed by atoms with Gasteiger partial charge in [-0.25, -0.2) is 0 Å². The van der Waals surface area contributed by atoms with Crippen molar-refractivity contribution in [3.8, 4) is 5.75 Å². The normalized spacial score (nSPS) is 15.0. The summed E-state index contributed by atoms with van der Waals surface area (Å²) in [5, 5.41) is 19.0. The van der Waals surface area contributed by atoms with Crippen LogP contribution < -0.4 is 20.7 Å². The van der Waals surface area contributed by atoms with Gasteiger partial charge >= 0.3 is 0 Å². The molecular weight excluding hydrogens is 334 g/mol. The van der Waals surface area contributed by atoms with Crippen LogP contribution in [0.15, 0.2) is 12.1 Å². The summed E-state index contributed by atoms with van der Waals surface area (Å²) in [5.74, 6) is 0.396. The number of carbonyl (C=O) groups excluding carboxylic acids is 2. The lowest BCUT2D eigenvalue weighted by Gasteiger charge is -2.24. The van der Waals surface area contributed by atoms with E-state index in [1.807, 2.05) is 20.8 Å². The summed E-state index contributed by atoms with van der Waals surface area (Å²) in [6, 6.07) is 3.48. The minimum Gasteiger partial charge on any atom is -0.490 e. The Balaban J connectivity index is 2.12. The van der Waals surface area contributed by atoms with Gasteiger partial charge in [-0.05, 0) is 33.3 Å². The molecule has 2 amide bonds. The molecule has 26 heavy (non-hydrogen) atoms. The Kier molecular flexibility index (Phi) is 6.61. The highest BCUT2D eigenvalue weighted by Crippen LogP contribution is 2.35. The Hall–Kier alpha value is -2.12. The number of ether oxygens (including phenoxy) is 1. The second-order valence-corrected chi connectivity index (χ2v) is 7.55. The van der Waals surface area contributed by atoms with Crippen LogP contribution in [0.4, 0.5) is 11.4 Å². The zero-order valence-electron chi connectivity index (χ0n) is 15.9. The van der Waals surface area contributed by atoms with Gasteiger partial charge < -0.3 is 25.8 Å². The number of anilines is 2. The summed E-state index contributed by atoms with van der Waals surface area (Å²) >= 11 is 0. The molecule has 0 radical (unpaired) electrons. The summed E-state index contributed by atoms with van der Waals surface area (Å²) in [6.07, 6.45) is 0.640. The molecule has 1 heterocycles. The van der Waals surface area contributed by atoms with Gasteiger partial charge in [0.2, 0.25) is 11.8 Å². The van der Waals surface area contributed by atoms with Crippen molar-refractivity contribution in [3.05, 3.63) is 17.7 Å². The number of carbonyl (C=O) groups is 2. The minimum absolute atomic E-state index is 0.0585. The SMILES string of the molecule is CCC(=O)Nc1cc2c(c(OCC(O)CNC(C)(C)C)c1)CCC(=O)N2. The second kappa shape index (κ2) is 8.51. The van der Waals surface area contributed by atoms with Crippen molar-refractivity contribution >= 4 is 23.2 Å². The zero-order valence-corrected chi connectivity index (χ0v) is 15.9. The summed E-state index contributed by atoms with van der Waals surface area (Å²) in [7, 11) is 0. The van der Waals surface area contributed by atoms with Crippen LogP contribution in [0.2, 0.25) is 0 Å². The number of aliphatic hydroxyl groups excluding tert-OH is 1. The molecule has 1 aromatic carbocycles. The van der Waals surface area contributed by atoms with Crippen LogP contribution in [0, 0.1) is 0 Å². The molecule has 1 atom stereocenters. The molecule has 2 rings (SSSR count). The van der Waals surface area contributed by atoms with Crippen molar-refractivity contribution in [1.29, 1.82) is 0 Å². The monoisotopic (exact) mass is 363 g/mol. The molecule has 7 heteroatoms. The standard InChI is InChI=1S/C19H29N3O4/c1-5-17(24)21-12-8-15-14(6-7-18(25)22-15)16(9-12)26-11-13(23)10-20-19(2,3)4/h8-9,13,20,23H,5-7,10-11H2,1-4H3,(H,21,24)(H,22,25). The van der Waals surface area contributed by atoms with Gasteiger partial charge in [0.1, 0.15) is 18.5 Å². The molecule has 7 nitrogen and oxygen atoms in total. The molecular formula is C19H29N3O4. The quantitative estimate of drug-likeness (QED) is 0.594. The fourth-order valence-electron chi connectivity index (χ4n) is 2.59. The van der Waals surface area contributed by atoms with Gasteiger partial charge in [0.05, 0.1) is 0 Å². The Morgan fingerprint density at radius 3 is 2.73 bits per heavy atom. The molecule has 1 aliphatic heterocycles. The highest BCUT2D eigenvalue weighted by molar-refractivity contribution is 5.97. The molecule has 1 aliphatic rings. The highest BCUT2D eigenvalue weighted by Gasteiger charge is 2.21. The van der Waals surface area contributed by atoms with Crippen LogP contribution in [-0.4, -0.2) is 41.7 Å². The van der Waals surface area contributed by atoms with Crippen LogP contribution in [0.1, 0.15) is 46.1 Å². The third-order valence-corrected chi connectivity index (χ3v) is 3.99. The first-order valence-electron chi connectivity index (χ1n) is 9.00. The van der Waals surface area contributed by atoms with Crippen molar-refractivity contribution in [1.82, 2.24) is 5.32 Å². The maximum Gasteiger partial charge on any atom is 0.224 e. The minimum atomic E-state index is -0.669. The molecule has 0 saturated heterocycles. The van der Waals surface area contributed by atoms with Gasteiger partial charge in [0, 0.05) is 47.9 Å². The van der Waals surface area contributed by atoms with E-state index in [2.05, 4.69) is 16.0 Å². The number of benzene rings is 1. The molecule has 0 bridgehead atoms. The fourth-order valence-corrected chi connectivity index (χ4v) is 2.59. The highest BCUT2D eigenvalue weighted by atomic mass is 16.5. The summed E-state index contributed by atoms with van der Waals surface area (Å²) in [4.78, 5) is 23.4. The van der Waals surface area contributed by atoms with E-state index in [-0.39, 0.29) is 24.0 Å². The largest absolute Gasteiger partial charge is 0.490 e. The Bertz CT molecular complexity index is 667. The van der Waals surface area contributed by atoms with Gasteiger partial charge in [-0.2, -0.15) is 0 Å². The van der Waals surface area contributed by atoms with E-state index in [1.165, 1.54) is 0 Å². The van der Waals surface area contributed by atoms with E-state index < -0.39 is 6.10 Å². The maximum atomic E-state index is 11.7. The van der Waals surface area contributed by atoms with E-state index in [0.29, 0.717) is 42.9 Å². The van der Waals surface area contributed by atoms with Gasteiger partial charge in [-0.3, -0.25) is 9.59 Å². The van der Waals surface area contributed by atoms with Crippen molar-refractivity contribution < 1.29 is 19.4 Å². The average Bonchev–Trinajstić information content (AvgIpc) is 2.56. The summed E-state index contributed by atoms with van der Waals surface area (Å²) in [6.45, 7) is 8.38. The summed E-state index contributed by atoms with van der Waals surface area (Å²) < 4.78 is 5.83. The predicted octanol–water partition coefficient (Wildman–Crippen LogP) is 2.05. The van der Waals surface area contributed by atoms with Gasteiger partial charge in [0.25, 0.3) is 0 Å². The number of aliphatic hydroxyl groups is 1. The first kappa shape index (κ1) is 20.2. The number of nitrogens with one attached hydrogen (secondary N) is 3. The van der Waals surface area contributed by atoms with Gasteiger partial charge in [-0.1, -0.05) is 6.92 Å². The number of amides is 2. The third-order valence-electron chi connectivity index (χ3n) is 3.99. The second-order valence-electron chi connectivity index (χ2n) is 7.55. The molecule has 0 saturated carbocycles. The third kappa shape index (κ3) is 6.00. The topological polar surface area (TPSA) is 99.7 Å². The smallest absolute Gasteiger partial charge is 0.224 e.